The molecule has 0 aliphatic carbocycles. The summed E-state index contributed by atoms with van der Waals surface area (Å²) in [4.78, 5) is 24.2. The average Bonchev–Trinajstić information content (AvgIpc) is 2.84. The van der Waals surface area contributed by atoms with Crippen LogP contribution in [0.25, 0.3) is 11.3 Å². The molecule has 0 amide bonds. The van der Waals surface area contributed by atoms with Gasteiger partial charge in [0.2, 0.25) is 11.8 Å². The van der Waals surface area contributed by atoms with E-state index in [4.69, 9.17) is 9.72 Å². The van der Waals surface area contributed by atoms with Gasteiger partial charge in [-0.25, -0.2) is 4.98 Å². The molecule has 2 heterocycles. The molecular weight excluding hydrogens is 484 g/mol. The van der Waals surface area contributed by atoms with Gasteiger partial charge in [0.05, 0.1) is 5.69 Å². The zero-order valence-corrected chi connectivity index (χ0v) is 22.8. The third-order valence-corrected chi connectivity index (χ3v) is 7.28. The van der Waals surface area contributed by atoms with Gasteiger partial charge in [-0.05, 0) is 79.9 Å². The van der Waals surface area contributed by atoms with Crippen molar-refractivity contribution in [3.8, 4) is 17.1 Å². The minimum Gasteiger partial charge on any atom is -0.481 e. The molecule has 0 spiro atoms. The number of benzene rings is 2. The third kappa shape index (κ3) is 7.46. The summed E-state index contributed by atoms with van der Waals surface area (Å²) in [5.41, 5.74) is 5.39. The number of fused-ring (bicyclic) bond motifs is 4. The zero-order chi connectivity index (χ0) is 26.4. The fourth-order valence-electron chi connectivity index (χ4n) is 4.81. The number of hydrogen-bond donors (Lipinski definition) is 2. The number of nitrogens with one attached hydrogen (secondary N) is 1. The Kier molecular flexibility index (Phi) is 9.05. The van der Waals surface area contributed by atoms with Crippen LogP contribution in [-0.4, -0.2) is 45.1 Å². The minimum absolute atomic E-state index is 0.112. The van der Waals surface area contributed by atoms with E-state index in [-0.39, 0.29) is 12.5 Å². The normalized spacial score (nSPS) is 16.2. The lowest BCUT2D eigenvalue weighted by molar-refractivity contribution is -0.137. The van der Waals surface area contributed by atoms with Crippen molar-refractivity contribution in [2.45, 2.75) is 64.4 Å². The molecule has 2 N–H and O–H groups in total. The van der Waals surface area contributed by atoms with E-state index in [0.29, 0.717) is 37.3 Å². The smallest absolute Gasteiger partial charge is 0.303 e. The molecule has 37 heavy (non-hydrogen) atoms. The van der Waals surface area contributed by atoms with Crippen LogP contribution in [0.1, 0.15) is 49.8 Å². The van der Waals surface area contributed by atoms with E-state index in [2.05, 4.69) is 84.8 Å². The maximum absolute atomic E-state index is 11.2. The standard InChI is InChI=1S/C29H36N4O3S/c1-19(2)14-23-18-36-26-16-25(28-20(3)8-5-9-21(28)4)30-29(31-26)32-37-24-11-6-10-22(15-24)17-33(23)13-7-12-27(34)35/h5-6,8-11,15-16,19,23H,7,12-14,17-18H2,1-4H3,(H,34,35)(H,30,31,32). The Labute approximate surface area is 223 Å². The number of carbonyl (C=O) groups is 1. The van der Waals surface area contributed by atoms with Crippen molar-refractivity contribution in [1.82, 2.24) is 14.9 Å². The molecule has 1 aliphatic rings. The van der Waals surface area contributed by atoms with E-state index in [1.165, 1.54) is 17.5 Å². The molecule has 0 fully saturated rings. The SMILES string of the molecule is Cc1cccc(C)c1-c1cc2nc(n1)NSc1cccc(c1)CN(CCCC(=O)O)C(CC(C)C)CO2. The first-order valence-corrected chi connectivity index (χ1v) is 13.7. The summed E-state index contributed by atoms with van der Waals surface area (Å²) in [6.45, 7) is 10.5. The Morgan fingerprint density at radius 2 is 1.92 bits per heavy atom. The third-order valence-electron chi connectivity index (χ3n) is 6.50. The van der Waals surface area contributed by atoms with Crippen LogP contribution >= 0.6 is 11.9 Å². The Hall–Kier alpha value is -3.10. The van der Waals surface area contributed by atoms with Crippen LogP contribution in [0.3, 0.4) is 0 Å². The fraction of sp³-hybridized carbons (Fsp3) is 0.414. The van der Waals surface area contributed by atoms with E-state index in [9.17, 15) is 9.90 Å². The molecule has 196 valence electrons. The van der Waals surface area contributed by atoms with E-state index in [0.717, 1.165) is 40.2 Å². The summed E-state index contributed by atoms with van der Waals surface area (Å²) < 4.78 is 9.69. The number of hydrogen-bond acceptors (Lipinski definition) is 7. The summed E-state index contributed by atoms with van der Waals surface area (Å²) >= 11 is 1.47. The Morgan fingerprint density at radius 3 is 2.65 bits per heavy atom. The number of aryl methyl sites for hydroxylation is 2. The monoisotopic (exact) mass is 520 g/mol. The van der Waals surface area contributed by atoms with Crippen LogP contribution < -0.4 is 9.46 Å². The molecule has 8 heteroatoms. The van der Waals surface area contributed by atoms with Crippen LogP contribution in [0, 0.1) is 19.8 Å². The molecular formula is C29H36N4O3S. The Balaban J connectivity index is 1.73. The first-order valence-electron chi connectivity index (χ1n) is 12.8. The van der Waals surface area contributed by atoms with Crippen molar-refractivity contribution in [1.29, 1.82) is 0 Å². The highest BCUT2D eigenvalue weighted by molar-refractivity contribution is 8.00. The Bertz CT molecular complexity index is 1210. The van der Waals surface area contributed by atoms with E-state index in [1.54, 1.807) is 0 Å². The second kappa shape index (κ2) is 12.4. The highest BCUT2D eigenvalue weighted by atomic mass is 32.2. The molecule has 1 unspecified atom stereocenters. The molecule has 1 aliphatic heterocycles. The first-order chi connectivity index (χ1) is 17.8. The van der Waals surface area contributed by atoms with Gasteiger partial charge in [0, 0.05) is 35.5 Å². The van der Waals surface area contributed by atoms with Crippen molar-refractivity contribution in [3.05, 3.63) is 65.2 Å². The highest BCUT2D eigenvalue weighted by Crippen LogP contribution is 2.31. The number of anilines is 1. The van der Waals surface area contributed by atoms with Gasteiger partial charge in [0.15, 0.2) is 0 Å². The van der Waals surface area contributed by atoms with Crippen molar-refractivity contribution in [2.24, 2.45) is 5.92 Å². The predicted octanol–water partition coefficient (Wildman–Crippen LogP) is 6.35. The number of rotatable bonds is 7. The number of carboxylic acid groups (broad SMARTS) is 1. The predicted molar refractivity (Wildman–Crippen MR) is 149 cm³/mol. The number of aliphatic carboxylic acids is 1. The summed E-state index contributed by atoms with van der Waals surface area (Å²) in [5, 5.41) is 9.22. The van der Waals surface area contributed by atoms with Crippen molar-refractivity contribution < 1.29 is 14.6 Å². The van der Waals surface area contributed by atoms with Gasteiger partial charge < -0.3 is 9.84 Å². The molecule has 4 bridgehead atoms. The Morgan fingerprint density at radius 1 is 1.16 bits per heavy atom. The first kappa shape index (κ1) is 26.9. The van der Waals surface area contributed by atoms with Crippen LogP contribution in [-0.2, 0) is 11.3 Å². The molecule has 1 atom stereocenters. The molecule has 1 aromatic heterocycles. The van der Waals surface area contributed by atoms with Gasteiger partial charge in [-0.3, -0.25) is 14.4 Å². The van der Waals surface area contributed by atoms with Gasteiger partial charge in [-0.2, -0.15) is 4.98 Å². The zero-order valence-electron chi connectivity index (χ0n) is 22.0. The summed E-state index contributed by atoms with van der Waals surface area (Å²) in [6, 6.07) is 16.7. The van der Waals surface area contributed by atoms with Crippen LogP contribution in [0.5, 0.6) is 5.88 Å². The van der Waals surface area contributed by atoms with Gasteiger partial charge in [-0.15, -0.1) is 0 Å². The number of carboxylic acids is 1. The number of aromatic nitrogens is 2. The summed E-state index contributed by atoms with van der Waals surface area (Å²) in [6.07, 6.45) is 1.68. The second-order valence-corrected chi connectivity index (χ2v) is 11.0. The lowest BCUT2D eigenvalue weighted by atomic mass is 10.00. The molecule has 7 nitrogen and oxygen atoms in total. The maximum atomic E-state index is 11.2. The number of ether oxygens (including phenoxy) is 1. The van der Waals surface area contributed by atoms with Crippen LogP contribution in [0.4, 0.5) is 5.95 Å². The minimum atomic E-state index is -0.764. The van der Waals surface area contributed by atoms with E-state index >= 15 is 0 Å². The lowest BCUT2D eigenvalue weighted by Gasteiger charge is -2.33. The van der Waals surface area contributed by atoms with Crippen molar-refractivity contribution in [3.63, 3.8) is 0 Å². The molecule has 2 aromatic carbocycles. The highest BCUT2D eigenvalue weighted by Gasteiger charge is 2.23. The van der Waals surface area contributed by atoms with Crippen LogP contribution in [0.15, 0.2) is 53.4 Å². The quantitative estimate of drug-likeness (QED) is 0.348. The topological polar surface area (TPSA) is 87.6 Å². The van der Waals surface area contributed by atoms with Gasteiger partial charge in [0.25, 0.3) is 0 Å². The van der Waals surface area contributed by atoms with E-state index < -0.39 is 5.97 Å². The fourth-order valence-corrected chi connectivity index (χ4v) is 5.47. The second-order valence-electron chi connectivity index (χ2n) is 10.1. The molecule has 4 rings (SSSR count). The molecule has 0 radical (unpaired) electrons. The largest absolute Gasteiger partial charge is 0.481 e. The van der Waals surface area contributed by atoms with Crippen molar-refractivity contribution in [2.75, 3.05) is 17.9 Å². The molecule has 3 aromatic rings. The maximum Gasteiger partial charge on any atom is 0.303 e. The summed E-state index contributed by atoms with van der Waals surface area (Å²) in [7, 11) is 0. The number of nitrogens with zero attached hydrogens (tertiary/aromatic N) is 3. The average molecular weight is 521 g/mol. The van der Waals surface area contributed by atoms with E-state index in [1.807, 2.05) is 6.07 Å². The van der Waals surface area contributed by atoms with Gasteiger partial charge in [-0.1, -0.05) is 44.2 Å². The van der Waals surface area contributed by atoms with Gasteiger partial charge in [0.1, 0.15) is 6.61 Å². The van der Waals surface area contributed by atoms with Gasteiger partial charge >= 0.3 is 5.97 Å². The van der Waals surface area contributed by atoms with Crippen LogP contribution in [0.2, 0.25) is 0 Å². The summed E-state index contributed by atoms with van der Waals surface area (Å²) in [5.74, 6) is 0.727. The lowest BCUT2D eigenvalue weighted by Crippen LogP contribution is -2.41. The molecule has 0 saturated carbocycles. The van der Waals surface area contributed by atoms with Crippen molar-refractivity contribution >= 4 is 23.9 Å². The molecule has 0 saturated heterocycles.